The second-order valence-electron chi connectivity index (χ2n) is 10.2. The maximum atomic E-state index is 11.0. The summed E-state index contributed by atoms with van der Waals surface area (Å²) in [5, 5.41) is 46.7. The van der Waals surface area contributed by atoms with Gasteiger partial charge in [-0.25, -0.2) is 14.8 Å². The molecule has 0 fully saturated rings. The Hall–Kier alpha value is -4.87. The largest absolute Gasteiger partial charge is 0.492 e. The Kier molecular flexibility index (Phi) is 14.9. The number of pyridine rings is 1. The molecular formula is C33H30ClF3N6O5S2. The van der Waals surface area contributed by atoms with Gasteiger partial charge in [0.1, 0.15) is 52.0 Å². The van der Waals surface area contributed by atoms with E-state index in [2.05, 4.69) is 22.8 Å². The van der Waals surface area contributed by atoms with Crippen molar-refractivity contribution in [1.29, 1.82) is 10.5 Å². The summed E-state index contributed by atoms with van der Waals surface area (Å²) in [7, 11) is 0. The van der Waals surface area contributed by atoms with Crippen LogP contribution in [0, 0.1) is 22.7 Å². The Morgan fingerprint density at radius 2 is 1.64 bits per heavy atom. The van der Waals surface area contributed by atoms with E-state index in [4.69, 9.17) is 41.3 Å². The summed E-state index contributed by atoms with van der Waals surface area (Å²) in [6.07, 6.45) is -4.25. The van der Waals surface area contributed by atoms with Crippen molar-refractivity contribution in [2.45, 2.75) is 43.3 Å². The number of rotatable bonds is 14. The highest BCUT2D eigenvalue weighted by molar-refractivity contribution is 7.98. The van der Waals surface area contributed by atoms with Gasteiger partial charge in [0, 0.05) is 40.4 Å². The number of anilines is 1. The summed E-state index contributed by atoms with van der Waals surface area (Å²) in [6.45, 7) is 4.85. The van der Waals surface area contributed by atoms with E-state index < -0.39 is 24.2 Å². The first-order chi connectivity index (χ1) is 23.8. The molecule has 2 heterocycles. The quantitative estimate of drug-likeness (QED) is 0.0740. The first kappa shape index (κ1) is 39.6. The van der Waals surface area contributed by atoms with Crippen LogP contribution in [0.25, 0.3) is 21.7 Å². The molecule has 2 aromatic carbocycles. The van der Waals surface area contributed by atoms with Crippen LogP contribution in [0.4, 0.5) is 19.0 Å². The van der Waals surface area contributed by atoms with E-state index in [1.165, 1.54) is 23.1 Å². The van der Waals surface area contributed by atoms with Gasteiger partial charge in [-0.15, -0.1) is 11.3 Å². The van der Waals surface area contributed by atoms with Crippen LogP contribution in [0.1, 0.15) is 37.1 Å². The standard InChI is InChI=1S/C31H29ClN6O3S2.C2HF3O2/c1-3-12-36-28-25(15-33)27(20-6-10-24(11-7-20)41-14-13-35-19(2)31(39)40)26(16-34)30(38-28)43-18-23-17-42-29(37-23)21-4-8-22(32)9-5-21;3-2(4,5)1(6)7/h4-11,17,19,35H,3,12-14,18H2,1-2H3,(H,36,38)(H,39,40);(H,6,7)/t19-;/m0./s1. The molecule has 262 valence electrons. The molecule has 4 rings (SSSR count). The minimum absolute atomic E-state index is 0.279. The molecule has 50 heavy (non-hydrogen) atoms. The van der Waals surface area contributed by atoms with E-state index in [1.54, 1.807) is 31.2 Å². The van der Waals surface area contributed by atoms with Crippen molar-refractivity contribution >= 4 is 52.5 Å². The van der Waals surface area contributed by atoms with Gasteiger partial charge in [0.15, 0.2) is 0 Å². The molecule has 0 aliphatic heterocycles. The lowest BCUT2D eigenvalue weighted by Crippen LogP contribution is -2.36. The summed E-state index contributed by atoms with van der Waals surface area (Å²) >= 11 is 8.95. The highest BCUT2D eigenvalue weighted by atomic mass is 35.5. The number of ether oxygens (including phenoxy) is 1. The molecular weight excluding hydrogens is 717 g/mol. The number of carboxylic acids is 2. The number of nitrogens with zero attached hydrogens (tertiary/aromatic N) is 4. The van der Waals surface area contributed by atoms with Crippen molar-refractivity contribution in [2.75, 3.05) is 25.0 Å². The van der Waals surface area contributed by atoms with Crippen molar-refractivity contribution in [3.8, 4) is 39.6 Å². The van der Waals surface area contributed by atoms with Crippen LogP contribution < -0.4 is 15.4 Å². The number of carbonyl (C=O) groups is 2. The smallest absolute Gasteiger partial charge is 0.490 e. The van der Waals surface area contributed by atoms with Crippen LogP contribution in [0.3, 0.4) is 0 Å². The van der Waals surface area contributed by atoms with Crippen molar-refractivity contribution in [3.63, 3.8) is 0 Å². The molecule has 0 saturated carbocycles. The lowest BCUT2D eigenvalue weighted by atomic mass is 9.96. The number of nitriles is 2. The molecule has 0 bridgehead atoms. The molecule has 0 radical (unpaired) electrons. The minimum atomic E-state index is -5.08. The van der Waals surface area contributed by atoms with E-state index in [0.717, 1.165) is 22.7 Å². The summed E-state index contributed by atoms with van der Waals surface area (Å²) in [5.74, 6) is -2.18. The number of aromatic nitrogens is 2. The normalized spacial score (nSPS) is 11.4. The molecule has 0 aliphatic rings. The Labute approximate surface area is 298 Å². The minimum Gasteiger partial charge on any atom is -0.492 e. The summed E-state index contributed by atoms with van der Waals surface area (Å²) in [5.41, 5.74) is 3.64. The molecule has 0 unspecified atom stereocenters. The number of aliphatic carboxylic acids is 2. The molecule has 2 aromatic heterocycles. The van der Waals surface area contributed by atoms with Gasteiger partial charge in [-0.05, 0) is 43.2 Å². The topological polar surface area (TPSA) is 181 Å². The molecule has 0 aliphatic carbocycles. The monoisotopic (exact) mass is 746 g/mol. The van der Waals surface area contributed by atoms with Gasteiger partial charge in [-0.1, -0.05) is 54.6 Å². The van der Waals surface area contributed by atoms with Crippen molar-refractivity contribution < 1.29 is 37.7 Å². The first-order valence-electron chi connectivity index (χ1n) is 14.7. The molecule has 17 heteroatoms. The molecule has 4 N–H and O–H groups in total. The summed E-state index contributed by atoms with van der Waals surface area (Å²) in [6, 6.07) is 18.5. The number of nitrogens with one attached hydrogen (secondary N) is 2. The average molecular weight is 747 g/mol. The van der Waals surface area contributed by atoms with Gasteiger partial charge in [0.2, 0.25) is 0 Å². The zero-order chi connectivity index (χ0) is 36.8. The predicted octanol–water partition coefficient (Wildman–Crippen LogP) is 7.46. The van der Waals surface area contributed by atoms with Crippen LogP contribution >= 0.6 is 34.7 Å². The fourth-order valence-electron chi connectivity index (χ4n) is 4.03. The third-order valence-corrected chi connectivity index (χ3v) is 8.71. The first-order valence-corrected chi connectivity index (χ1v) is 17.0. The third kappa shape index (κ3) is 11.3. The maximum absolute atomic E-state index is 11.0. The Balaban J connectivity index is 0.000000872. The Bertz CT molecular complexity index is 1860. The number of hydrogen-bond donors (Lipinski definition) is 4. The van der Waals surface area contributed by atoms with Crippen LogP contribution in [0.15, 0.2) is 58.9 Å². The fourth-order valence-corrected chi connectivity index (χ4v) is 5.97. The van der Waals surface area contributed by atoms with Crippen molar-refractivity contribution in [2.24, 2.45) is 0 Å². The second kappa shape index (κ2) is 18.8. The van der Waals surface area contributed by atoms with E-state index in [-0.39, 0.29) is 6.61 Å². The van der Waals surface area contributed by atoms with E-state index in [9.17, 15) is 28.5 Å². The van der Waals surface area contributed by atoms with Gasteiger partial charge >= 0.3 is 18.1 Å². The molecule has 0 amide bonds. The van der Waals surface area contributed by atoms with E-state index >= 15 is 0 Å². The Morgan fingerprint density at radius 3 is 2.20 bits per heavy atom. The SMILES string of the molecule is CCCNc1nc(SCc2csc(-c3ccc(Cl)cc3)n2)c(C#N)c(-c2ccc(OCCN[C@@H](C)C(=O)O)cc2)c1C#N.O=C(O)C(F)(F)F. The molecule has 11 nitrogen and oxygen atoms in total. The van der Waals surface area contributed by atoms with E-state index in [1.807, 2.05) is 36.6 Å². The maximum Gasteiger partial charge on any atom is 0.490 e. The zero-order valence-corrected chi connectivity index (χ0v) is 28.9. The van der Waals surface area contributed by atoms with E-state index in [0.29, 0.717) is 62.7 Å². The van der Waals surface area contributed by atoms with Gasteiger partial charge in [0.05, 0.1) is 11.3 Å². The average Bonchev–Trinajstić information content (AvgIpc) is 3.57. The lowest BCUT2D eigenvalue weighted by molar-refractivity contribution is -0.192. The highest BCUT2D eigenvalue weighted by Crippen LogP contribution is 2.38. The molecule has 0 saturated heterocycles. The lowest BCUT2D eigenvalue weighted by Gasteiger charge is -2.16. The van der Waals surface area contributed by atoms with Crippen LogP contribution in [-0.4, -0.2) is 64.0 Å². The predicted molar refractivity (Wildman–Crippen MR) is 184 cm³/mol. The van der Waals surface area contributed by atoms with Crippen molar-refractivity contribution in [3.05, 3.63) is 75.8 Å². The van der Waals surface area contributed by atoms with Crippen molar-refractivity contribution in [1.82, 2.24) is 15.3 Å². The van der Waals surface area contributed by atoms with Crippen LogP contribution in [-0.2, 0) is 15.3 Å². The number of halogens is 4. The summed E-state index contributed by atoms with van der Waals surface area (Å²) < 4.78 is 37.5. The number of hydrogen-bond acceptors (Lipinski definition) is 11. The molecule has 0 spiro atoms. The number of thiazole rings is 1. The van der Waals surface area contributed by atoms with Gasteiger partial charge < -0.3 is 25.6 Å². The number of benzene rings is 2. The molecule has 1 atom stereocenters. The highest BCUT2D eigenvalue weighted by Gasteiger charge is 2.38. The van der Waals surface area contributed by atoms with Gasteiger partial charge in [-0.2, -0.15) is 23.7 Å². The van der Waals surface area contributed by atoms with Crippen LogP contribution in [0.5, 0.6) is 5.75 Å². The number of thioether (sulfide) groups is 1. The molecule has 4 aromatic rings. The number of alkyl halides is 3. The zero-order valence-electron chi connectivity index (χ0n) is 26.5. The summed E-state index contributed by atoms with van der Waals surface area (Å²) in [4.78, 5) is 29.3. The van der Waals surface area contributed by atoms with Gasteiger partial charge in [-0.3, -0.25) is 4.79 Å². The van der Waals surface area contributed by atoms with Gasteiger partial charge in [0.25, 0.3) is 0 Å². The number of carboxylic acid groups (broad SMARTS) is 2. The Morgan fingerprint density at radius 1 is 1.02 bits per heavy atom. The fraction of sp³-hybridized carbons (Fsp3) is 0.273. The second-order valence-corrected chi connectivity index (χ2v) is 12.4. The van der Waals surface area contributed by atoms with Crippen LogP contribution in [0.2, 0.25) is 5.02 Å². The third-order valence-electron chi connectivity index (χ3n) is 6.51.